The second kappa shape index (κ2) is 5.45. The topological polar surface area (TPSA) is 45.2 Å². The van der Waals surface area contributed by atoms with Gasteiger partial charge in [-0.25, -0.2) is 0 Å². The van der Waals surface area contributed by atoms with Gasteiger partial charge in [0.15, 0.2) is 0 Å². The van der Waals surface area contributed by atoms with Crippen molar-refractivity contribution >= 4 is 16.7 Å². The number of fused-ring (bicyclic) bond motifs is 1. The Hall–Kier alpha value is -1.94. The maximum atomic E-state index is 12.5. The van der Waals surface area contributed by atoms with Crippen LogP contribution in [0.4, 0.5) is 0 Å². The predicted octanol–water partition coefficient (Wildman–Crippen LogP) is 2.31. The van der Waals surface area contributed by atoms with Crippen molar-refractivity contribution in [3.63, 3.8) is 0 Å². The van der Waals surface area contributed by atoms with Crippen LogP contribution >= 0.6 is 0 Å². The first-order valence-corrected chi connectivity index (χ1v) is 7.37. The summed E-state index contributed by atoms with van der Waals surface area (Å²) in [5, 5.41) is 5.04. The Balaban J connectivity index is 1.76. The molecule has 3 rings (SSSR count). The number of aromatic nitrogens is 1. The molecular weight excluding hydrogens is 262 g/mol. The van der Waals surface area contributed by atoms with Gasteiger partial charge in [0.1, 0.15) is 0 Å². The quantitative estimate of drug-likeness (QED) is 0.940. The van der Waals surface area contributed by atoms with E-state index in [1.807, 2.05) is 24.3 Å². The number of rotatable bonds is 3. The lowest BCUT2D eigenvalue weighted by molar-refractivity contribution is 0.0936. The summed E-state index contributed by atoms with van der Waals surface area (Å²) in [6.45, 7) is 5.07. The SMILES string of the molecule is CN1CCC(C)(CNC(=O)c2cncc3ccccc23)C1. The molecule has 1 aromatic heterocycles. The molecule has 21 heavy (non-hydrogen) atoms. The van der Waals surface area contributed by atoms with Crippen LogP contribution in [0.3, 0.4) is 0 Å². The van der Waals surface area contributed by atoms with Gasteiger partial charge < -0.3 is 10.2 Å². The minimum atomic E-state index is -0.0323. The summed E-state index contributed by atoms with van der Waals surface area (Å²) in [6.07, 6.45) is 4.57. The Morgan fingerprint density at radius 3 is 2.95 bits per heavy atom. The van der Waals surface area contributed by atoms with E-state index in [1.54, 1.807) is 12.4 Å². The van der Waals surface area contributed by atoms with Crippen LogP contribution in [0.5, 0.6) is 0 Å². The number of benzene rings is 1. The third-order valence-electron chi connectivity index (χ3n) is 4.34. The highest BCUT2D eigenvalue weighted by Crippen LogP contribution is 2.28. The molecule has 0 radical (unpaired) electrons. The van der Waals surface area contributed by atoms with Gasteiger partial charge in [0, 0.05) is 30.9 Å². The summed E-state index contributed by atoms with van der Waals surface area (Å²) in [6, 6.07) is 7.86. The Morgan fingerprint density at radius 2 is 2.19 bits per heavy atom. The minimum Gasteiger partial charge on any atom is -0.351 e. The van der Waals surface area contributed by atoms with Gasteiger partial charge >= 0.3 is 0 Å². The van der Waals surface area contributed by atoms with Crippen molar-refractivity contribution in [2.45, 2.75) is 13.3 Å². The number of amides is 1. The molecule has 0 spiro atoms. The average molecular weight is 283 g/mol. The molecule has 1 aliphatic rings. The molecule has 1 N–H and O–H groups in total. The van der Waals surface area contributed by atoms with Crippen LogP contribution in [0.2, 0.25) is 0 Å². The Kier molecular flexibility index (Phi) is 3.64. The van der Waals surface area contributed by atoms with Gasteiger partial charge in [0.05, 0.1) is 5.56 Å². The maximum Gasteiger partial charge on any atom is 0.253 e. The normalized spacial score (nSPS) is 22.6. The molecule has 0 bridgehead atoms. The Morgan fingerprint density at radius 1 is 1.38 bits per heavy atom. The molecule has 4 heteroatoms. The van der Waals surface area contributed by atoms with Crippen molar-refractivity contribution in [3.8, 4) is 0 Å². The Labute approximate surface area is 125 Å². The summed E-state index contributed by atoms with van der Waals surface area (Å²) in [7, 11) is 2.13. The molecule has 0 saturated carbocycles. The monoisotopic (exact) mass is 283 g/mol. The smallest absolute Gasteiger partial charge is 0.253 e. The number of hydrogen-bond donors (Lipinski definition) is 1. The van der Waals surface area contributed by atoms with E-state index in [0.29, 0.717) is 12.1 Å². The van der Waals surface area contributed by atoms with Crippen molar-refractivity contribution in [1.82, 2.24) is 15.2 Å². The van der Waals surface area contributed by atoms with E-state index in [9.17, 15) is 4.79 Å². The molecule has 1 amide bonds. The fourth-order valence-electron chi connectivity index (χ4n) is 3.10. The molecule has 1 aromatic carbocycles. The Bertz CT molecular complexity index is 665. The van der Waals surface area contributed by atoms with Gasteiger partial charge in [-0.1, -0.05) is 31.2 Å². The van der Waals surface area contributed by atoms with Gasteiger partial charge in [-0.05, 0) is 30.8 Å². The van der Waals surface area contributed by atoms with Crippen LogP contribution in [0.1, 0.15) is 23.7 Å². The highest BCUT2D eigenvalue weighted by atomic mass is 16.1. The molecule has 1 atom stereocenters. The van der Waals surface area contributed by atoms with E-state index in [0.717, 1.165) is 30.3 Å². The standard InChI is InChI=1S/C17H21N3O/c1-17(7-8-20(2)12-17)11-19-16(21)15-10-18-9-13-5-3-4-6-14(13)15/h3-6,9-10H,7-8,11-12H2,1-2H3,(H,19,21). The predicted molar refractivity (Wildman–Crippen MR) is 84.3 cm³/mol. The van der Waals surface area contributed by atoms with Crippen molar-refractivity contribution in [2.24, 2.45) is 5.41 Å². The van der Waals surface area contributed by atoms with E-state index < -0.39 is 0 Å². The molecule has 1 fully saturated rings. The van der Waals surface area contributed by atoms with Crippen molar-refractivity contribution in [3.05, 3.63) is 42.2 Å². The first kappa shape index (κ1) is 14.0. The summed E-state index contributed by atoms with van der Waals surface area (Å²) < 4.78 is 0. The van der Waals surface area contributed by atoms with Gasteiger partial charge in [0.25, 0.3) is 5.91 Å². The van der Waals surface area contributed by atoms with Crippen LogP contribution in [0.15, 0.2) is 36.7 Å². The van der Waals surface area contributed by atoms with Gasteiger partial charge in [-0.15, -0.1) is 0 Å². The maximum absolute atomic E-state index is 12.5. The fraction of sp³-hybridized carbons (Fsp3) is 0.412. The van der Waals surface area contributed by atoms with E-state index in [-0.39, 0.29) is 11.3 Å². The zero-order valence-electron chi connectivity index (χ0n) is 12.6. The van der Waals surface area contributed by atoms with E-state index in [4.69, 9.17) is 0 Å². The molecule has 4 nitrogen and oxygen atoms in total. The largest absolute Gasteiger partial charge is 0.351 e. The van der Waals surface area contributed by atoms with Gasteiger partial charge in [-0.3, -0.25) is 9.78 Å². The number of hydrogen-bond acceptors (Lipinski definition) is 3. The van der Waals surface area contributed by atoms with Gasteiger partial charge in [0.2, 0.25) is 0 Å². The van der Waals surface area contributed by atoms with Crippen LogP contribution in [-0.2, 0) is 0 Å². The van der Waals surface area contributed by atoms with Crippen LogP contribution in [0, 0.1) is 5.41 Å². The molecule has 2 heterocycles. The third-order valence-corrected chi connectivity index (χ3v) is 4.34. The lowest BCUT2D eigenvalue weighted by Crippen LogP contribution is -2.37. The fourth-order valence-corrected chi connectivity index (χ4v) is 3.10. The van der Waals surface area contributed by atoms with E-state index >= 15 is 0 Å². The highest BCUT2D eigenvalue weighted by Gasteiger charge is 2.32. The van der Waals surface area contributed by atoms with Crippen molar-refractivity contribution in [1.29, 1.82) is 0 Å². The average Bonchev–Trinajstić information content (AvgIpc) is 2.84. The summed E-state index contributed by atoms with van der Waals surface area (Å²) in [5.41, 5.74) is 0.825. The van der Waals surface area contributed by atoms with Crippen molar-refractivity contribution < 1.29 is 4.79 Å². The van der Waals surface area contributed by atoms with Crippen LogP contribution < -0.4 is 5.32 Å². The molecule has 1 unspecified atom stereocenters. The number of carbonyl (C=O) groups excluding carboxylic acids is 1. The summed E-state index contributed by atoms with van der Waals surface area (Å²) in [4.78, 5) is 19.0. The second-order valence-corrected chi connectivity index (χ2v) is 6.39. The summed E-state index contributed by atoms with van der Waals surface area (Å²) >= 11 is 0. The zero-order chi connectivity index (χ0) is 14.9. The number of carbonyl (C=O) groups is 1. The molecule has 0 aliphatic carbocycles. The first-order chi connectivity index (χ1) is 10.1. The number of likely N-dealkylation sites (tertiary alicyclic amines) is 1. The van der Waals surface area contributed by atoms with Crippen LogP contribution in [-0.4, -0.2) is 42.5 Å². The summed E-state index contributed by atoms with van der Waals surface area (Å²) in [5.74, 6) is -0.0323. The zero-order valence-corrected chi connectivity index (χ0v) is 12.6. The van der Waals surface area contributed by atoms with E-state index in [1.165, 1.54) is 0 Å². The second-order valence-electron chi connectivity index (χ2n) is 6.39. The van der Waals surface area contributed by atoms with E-state index in [2.05, 4.69) is 29.2 Å². The third kappa shape index (κ3) is 2.90. The minimum absolute atomic E-state index is 0.0323. The molecular formula is C17H21N3O. The highest BCUT2D eigenvalue weighted by molar-refractivity contribution is 6.06. The van der Waals surface area contributed by atoms with Crippen LogP contribution in [0.25, 0.3) is 10.8 Å². The molecule has 1 aliphatic heterocycles. The molecule has 2 aromatic rings. The van der Waals surface area contributed by atoms with Gasteiger partial charge in [-0.2, -0.15) is 0 Å². The lowest BCUT2D eigenvalue weighted by atomic mass is 9.89. The molecule has 110 valence electrons. The number of nitrogens with zero attached hydrogens (tertiary/aromatic N) is 2. The van der Waals surface area contributed by atoms with Crippen molar-refractivity contribution in [2.75, 3.05) is 26.7 Å². The number of nitrogens with one attached hydrogen (secondary N) is 1. The molecule has 1 saturated heterocycles. The first-order valence-electron chi connectivity index (χ1n) is 7.37. The number of pyridine rings is 1. The lowest BCUT2D eigenvalue weighted by Gasteiger charge is -2.24.